The highest BCUT2D eigenvalue weighted by Gasteiger charge is 2.23. The minimum Gasteiger partial charge on any atom is -0.456 e. The molecule has 0 amide bonds. The van der Waals surface area contributed by atoms with Gasteiger partial charge in [-0.3, -0.25) is 0 Å². The number of thiophene rings is 1. The molecule has 0 aliphatic rings. The molecule has 0 N–H and O–H groups in total. The Bertz CT molecular complexity index is 2820. The van der Waals surface area contributed by atoms with Crippen LogP contribution in [0.5, 0.6) is 0 Å². The van der Waals surface area contributed by atoms with E-state index in [9.17, 15) is 0 Å². The first-order valence-electron chi connectivity index (χ1n) is 15.9. The van der Waals surface area contributed by atoms with Gasteiger partial charge in [0.25, 0.3) is 0 Å². The minimum atomic E-state index is 0.878. The highest BCUT2D eigenvalue weighted by molar-refractivity contribution is 7.26. The maximum atomic E-state index is 6.45. The summed E-state index contributed by atoms with van der Waals surface area (Å²) in [6.45, 7) is 0. The molecule has 2 nitrogen and oxygen atoms in total. The van der Waals surface area contributed by atoms with Gasteiger partial charge in [0.15, 0.2) is 0 Å². The van der Waals surface area contributed by atoms with Gasteiger partial charge in [-0.1, -0.05) is 121 Å². The number of anilines is 3. The monoisotopic (exact) mass is 617 g/mol. The molecule has 0 unspecified atom stereocenters. The third-order valence-corrected chi connectivity index (χ3v) is 10.7. The van der Waals surface area contributed by atoms with Crippen molar-refractivity contribution in [1.82, 2.24) is 0 Å². The van der Waals surface area contributed by atoms with Crippen LogP contribution in [-0.2, 0) is 0 Å². The van der Waals surface area contributed by atoms with E-state index < -0.39 is 0 Å². The lowest BCUT2D eigenvalue weighted by atomic mass is 9.96. The standard InChI is InChI=1S/C44H27NOS/c1-2-13-30-28(12-1)26-40(32-15-4-3-14-31(30)32)45(29-24-25-35-34-17-6-9-22-41(34)46-42(35)27-29)39-21-8-5-16-33(39)37-19-11-20-38-36-18-7-10-23-43(36)47-44(37)38/h1-27H. The number of rotatable bonds is 4. The molecule has 8 aromatic carbocycles. The van der Waals surface area contributed by atoms with Crippen molar-refractivity contribution in [2.75, 3.05) is 4.90 Å². The van der Waals surface area contributed by atoms with Crippen LogP contribution >= 0.6 is 11.3 Å². The smallest absolute Gasteiger partial charge is 0.137 e. The van der Waals surface area contributed by atoms with Crippen LogP contribution in [0.3, 0.4) is 0 Å². The Balaban J connectivity index is 1.30. The number of hydrogen-bond acceptors (Lipinski definition) is 3. The zero-order valence-corrected chi connectivity index (χ0v) is 26.2. The van der Waals surface area contributed by atoms with E-state index in [4.69, 9.17) is 4.42 Å². The Morgan fingerprint density at radius 2 is 1.06 bits per heavy atom. The molecule has 2 heterocycles. The lowest BCUT2D eigenvalue weighted by Gasteiger charge is -2.29. The van der Waals surface area contributed by atoms with E-state index in [1.54, 1.807) is 0 Å². The molecule has 0 aliphatic carbocycles. The van der Waals surface area contributed by atoms with Gasteiger partial charge in [0, 0.05) is 59.2 Å². The predicted molar refractivity (Wildman–Crippen MR) is 202 cm³/mol. The quantitative estimate of drug-likeness (QED) is 0.183. The number of benzene rings is 8. The van der Waals surface area contributed by atoms with Crippen molar-refractivity contribution in [3.8, 4) is 11.1 Å². The highest BCUT2D eigenvalue weighted by Crippen LogP contribution is 2.48. The Hall–Kier alpha value is -5.90. The van der Waals surface area contributed by atoms with Crippen molar-refractivity contribution in [2.45, 2.75) is 0 Å². The number of fused-ring (bicyclic) bond motifs is 9. The van der Waals surface area contributed by atoms with E-state index in [2.05, 4.69) is 157 Å². The Morgan fingerprint density at radius 3 is 1.98 bits per heavy atom. The van der Waals surface area contributed by atoms with Crippen LogP contribution in [0, 0.1) is 0 Å². The molecule has 0 saturated carbocycles. The molecule has 10 aromatic rings. The second-order valence-corrected chi connectivity index (χ2v) is 13.1. The topological polar surface area (TPSA) is 16.4 Å². The van der Waals surface area contributed by atoms with E-state index in [0.29, 0.717) is 0 Å². The molecule has 2 aromatic heterocycles. The second-order valence-electron chi connectivity index (χ2n) is 12.1. The Morgan fingerprint density at radius 1 is 0.404 bits per heavy atom. The third-order valence-electron chi connectivity index (χ3n) is 9.45. The summed E-state index contributed by atoms with van der Waals surface area (Å²) in [6.07, 6.45) is 0. The van der Waals surface area contributed by atoms with Gasteiger partial charge in [0.1, 0.15) is 11.2 Å². The number of hydrogen-bond donors (Lipinski definition) is 0. The minimum absolute atomic E-state index is 0.878. The molecule has 0 spiro atoms. The van der Waals surface area contributed by atoms with E-state index >= 15 is 0 Å². The number of furan rings is 1. The summed E-state index contributed by atoms with van der Waals surface area (Å²) in [7, 11) is 0. The number of para-hydroxylation sites is 2. The van der Waals surface area contributed by atoms with E-state index in [0.717, 1.165) is 39.0 Å². The summed E-state index contributed by atoms with van der Waals surface area (Å²) >= 11 is 1.87. The third kappa shape index (κ3) is 4.04. The maximum absolute atomic E-state index is 6.45. The average molecular weight is 618 g/mol. The van der Waals surface area contributed by atoms with E-state index in [-0.39, 0.29) is 0 Å². The van der Waals surface area contributed by atoms with Crippen LogP contribution in [0.2, 0.25) is 0 Å². The van der Waals surface area contributed by atoms with Gasteiger partial charge in [-0.05, 0) is 52.6 Å². The zero-order valence-electron chi connectivity index (χ0n) is 25.4. The molecule has 0 atom stereocenters. The summed E-state index contributed by atoms with van der Waals surface area (Å²) in [4.78, 5) is 2.43. The molecule has 0 fully saturated rings. The lowest BCUT2D eigenvalue weighted by Crippen LogP contribution is -2.12. The van der Waals surface area contributed by atoms with Crippen molar-refractivity contribution in [3.63, 3.8) is 0 Å². The molecule has 0 saturated heterocycles. The first-order valence-corrected chi connectivity index (χ1v) is 16.7. The number of nitrogens with zero attached hydrogens (tertiary/aromatic N) is 1. The first-order chi connectivity index (χ1) is 23.3. The summed E-state index contributed by atoms with van der Waals surface area (Å²) in [6, 6.07) is 59.0. The van der Waals surface area contributed by atoms with Gasteiger partial charge >= 0.3 is 0 Å². The molecule has 47 heavy (non-hydrogen) atoms. The SMILES string of the molecule is c1ccc(N(c2ccc3c(c2)oc2ccccc23)c2cc3ccccc3c3ccccc23)c(-c2cccc3c2sc2ccccc23)c1. The van der Waals surface area contributed by atoms with Gasteiger partial charge in [0.2, 0.25) is 0 Å². The van der Waals surface area contributed by atoms with Crippen LogP contribution in [0.25, 0.3) is 74.8 Å². The molecular formula is C44H27NOS. The van der Waals surface area contributed by atoms with Gasteiger partial charge < -0.3 is 9.32 Å². The fourth-order valence-electron chi connectivity index (χ4n) is 7.34. The van der Waals surface area contributed by atoms with E-state index in [1.165, 1.54) is 52.8 Å². The fourth-order valence-corrected chi connectivity index (χ4v) is 8.57. The second kappa shape index (κ2) is 10.3. The molecule has 3 heteroatoms. The molecule has 10 rings (SSSR count). The Labute approximate surface area is 275 Å². The van der Waals surface area contributed by atoms with Crippen molar-refractivity contribution in [1.29, 1.82) is 0 Å². The van der Waals surface area contributed by atoms with Crippen molar-refractivity contribution in [3.05, 3.63) is 164 Å². The molecule has 0 aliphatic heterocycles. The fraction of sp³-hybridized carbons (Fsp3) is 0. The first kappa shape index (κ1) is 26.3. The average Bonchev–Trinajstić information content (AvgIpc) is 3.70. The van der Waals surface area contributed by atoms with Crippen LogP contribution in [0.15, 0.2) is 168 Å². The maximum Gasteiger partial charge on any atom is 0.137 e. The summed E-state index contributed by atoms with van der Waals surface area (Å²) in [5.74, 6) is 0. The largest absolute Gasteiger partial charge is 0.456 e. The van der Waals surface area contributed by atoms with Gasteiger partial charge in [-0.15, -0.1) is 11.3 Å². The van der Waals surface area contributed by atoms with Gasteiger partial charge in [0.05, 0.1) is 11.4 Å². The summed E-state index contributed by atoms with van der Waals surface area (Å²) < 4.78 is 9.06. The van der Waals surface area contributed by atoms with Crippen LogP contribution in [0.4, 0.5) is 17.1 Å². The van der Waals surface area contributed by atoms with E-state index in [1.807, 2.05) is 23.5 Å². The normalized spacial score (nSPS) is 11.8. The molecule has 0 radical (unpaired) electrons. The lowest BCUT2D eigenvalue weighted by molar-refractivity contribution is 0.669. The summed E-state index contributed by atoms with van der Waals surface area (Å²) in [5, 5.41) is 9.75. The molecule has 0 bridgehead atoms. The van der Waals surface area contributed by atoms with Crippen molar-refractivity contribution >= 4 is 92.1 Å². The summed E-state index contributed by atoms with van der Waals surface area (Å²) in [5.41, 5.74) is 7.50. The van der Waals surface area contributed by atoms with Crippen molar-refractivity contribution < 1.29 is 4.42 Å². The van der Waals surface area contributed by atoms with Crippen LogP contribution < -0.4 is 4.90 Å². The van der Waals surface area contributed by atoms with Gasteiger partial charge in [-0.2, -0.15) is 0 Å². The molecular weight excluding hydrogens is 591 g/mol. The predicted octanol–water partition coefficient (Wildman–Crippen LogP) is 13.4. The van der Waals surface area contributed by atoms with Crippen LogP contribution in [0.1, 0.15) is 0 Å². The Kier molecular flexibility index (Phi) is 5.78. The molecule has 220 valence electrons. The highest BCUT2D eigenvalue weighted by atomic mass is 32.1. The zero-order chi connectivity index (χ0) is 30.9. The van der Waals surface area contributed by atoms with Gasteiger partial charge in [-0.25, -0.2) is 0 Å². The van der Waals surface area contributed by atoms with Crippen molar-refractivity contribution in [2.24, 2.45) is 0 Å². The van der Waals surface area contributed by atoms with Crippen LogP contribution in [-0.4, -0.2) is 0 Å².